The molecular formula is C21H24N2O5. The molecule has 1 fully saturated rings. The van der Waals surface area contributed by atoms with Gasteiger partial charge in [0.05, 0.1) is 18.3 Å². The first-order valence-corrected chi connectivity index (χ1v) is 9.52. The van der Waals surface area contributed by atoms with E-state index >= 15 is 0 Å². The molecule has 7 heteroatoms. The van der Waals surface area contributed by atoms with Crippen molar-refractivity contribution in [1.82, 2.24) is 10.2 Å². The van der Waals surface area contributed by atoms with Crippen molar-refractivity contribution in [1.29, 1.82) is 0 Å². The summed E-state index contributed by atoms with van der Waals surface area (Å²) >= 11 is 0. The van der Waals surface area contributed by atoms with Gasteiger partial charge in [0.25, 0.3) is 5.91 Å². The Morgan fingerprint density at radius 2 is 1.68 bits per heavy atom. The third-order valence-electron chi connectivity index (χ3n) is 5.08. The molecule has 7 nitrogen and oxygen atoms in total. The van der Waals surface area contributed by atoms with Crippen molar-refractivity contribution in [2.75, 3.05) is 19.7 Å². The zero-order valence-corrected chi connectivity index (χ0v) is 15.6. The highest BCUT2D eigenvalue weighted by molar-refractivity contribution is 6.05. The van der Waals surface area contributed by atoms with E-state index in [0.717, 1.165) is 10.5 Å². The van der Waals surface area contributed by atoms with Crippen molar-refractivity contribution < 1.29 is 23.9 Å². The Labute approximate surface area is 163 Å². The molecule has 2 atom stereocenters. The first kappa shape index (κ1) is 19.8. The summed E-state index contributed by atoms with van der Waals surface area (Å²) < 4.78 is 4.94. The predicted octanol–water partition coefficient (Wildman–Crippen LogP) is 1.23. The van der Waals surface area contributed by atoms with Gasteiger partial charge >= 0.3 is 5.97 Å². The maximum atomic E-state index is 12.3. The second-order valence-electron chi connectivity index (χ2n) is 6.98. The highest BCUT2D eigenvalue weighted by Crippen LogP contribution is 2.34. The molecule has 0 bridgehead atoms. The van der Waals surface area contributed by atoms with Crippen LogP contribution in [0.3, 0.4) is 0 Å². The molecule has 1 aliphatic heterocycles. The number of ether oxygens (including phenoxy) is 1. The molecule has 0 aromatic heterocycles. The number of benzene rings is 1. The van der Waals surface area contributed by atoms with Gasteiger partial charge in [0.1, 0.15) is 0 Å². The maximum absolute atomic E-state index is 12.3. The second-order valence-corrected chi connectivity index (χ2v) is 6.98. The van der Waals surface area contributed by atoms with Gasteiger partial charge < -0.3 is 10.1 Å². The SMILES string of the molecule is O=C(COC(=O)CCN1C(=O)[C@H]2CC=CC[C@H]2C1=O)NCCc1ccccc1. The number of allylic oxidation sites excluding steroid dienone is 2. The maximum Gasteiger partial charge on any atom is 0.308 e. The minimum absolute atomic E-state index is 0.000867. The molecule has 148 valence electrons. The molecule has 0 spiro atoms. The van der Waals surface area contributed by atoms with Crippen LogP contribution in [0.25, 0.3) is 0 Å². The second kappa shape index (κ2) is 9.30. The topological polar surface area (TPSA) is 92.8 Å². The van der Waals surface area contributed by atoms with Crippen molar-refractivity contribution in [3.63, 3.8) is 0 Å². The molecule has 1 N–H and O–H groups in total. The van der Waals surface area contributed by atoms with Crippen molar-refractivity contribution in [3.8, 4) is 0 Å². The van der Waals surface area contributed by atoms with Crippen LogP contribution in [-0.4, -0.2) is 48.3 Å². The van der Waals surface area contributed by atoms with Gasteiger partial charge in [-0.3, -0.25) is 24.1 Å². The highest BCUT2D eigenvalue weighted by Gasteiger charge is 2.46. The molecule has 28 heavy (non-hydrogen) atoms. The Kier molecular flexibility index (Phi) is 6.57. The van der Waals surface area contributed by atoms with E-state index in [2.05, 4.69) is 5.32 Å². The molecule has 0 unspecified atom stereocenters. The molecule has 2 aliphatic rings. The summed E-state index contributed by atoms with van der Waals surface area (Å²) in [5.74, 6) is -2.02. The van der Waals surface area contributed by atoms with E-state index in [0.29, 0.717) is 25.8 Å². The fraction of sp³-hybridized carbons (Fsp3) is 0.429. The third-order valence-corrected chi connectivity index (χ3v) is 5.08. The molecule has 3 rings (SSSR count). The zero-order valence-electron chi connectivity index (χ0n) is 15.6. The van der Waals surface area contributed by atoms with Gasteiger partial charge in [-0.2, -0.15) is 0 Å². The normalized spacial score (nSPS) is 20.8. The molecule has 1 aromatic rings. The number of rotatable bonds is 8. The van der Waals surface area contributed by atoms with Crippen molar-refractivity contribution in [2.45, 2.75) is 25.7 Å². The van der Waals surface area contributed by atoms with E-state index < -0.39 is 5.97 Å². The first-order valence-electron chi connectivity index (χ1n) is 9.52. The number of esters is 1. The Morgan fingerprint density at radius 3 is 2.32 bits per heavy atom. The van der Waals surface area contributed by atoms with Crippen LogP contribution in [0.4, 0.5) is 0 Å². The number of carbonyl (C=O) groups excluding carboxylic acids is 4. The van der Waals surface area contributed by atoms with Crippen molar-refractivity contribution in [2.24, 2.45) is 11.8 Å². The van der Waals surface area contributed by atoms with E-state index in [9.17, 15) is 19.2 Å². The Bertz CT molecular complexity index is 748. The van der Waals surface area contributed by atoms with E-state index in [-0.39, 0.29) is 49.1 Å². The van der Waals surface area contributed by atoms with Gasteiger partial charge in [0, 0.05) is 13.1 Å². The predicted molar refractivity (Wildman–Crippen MR) is 101 cm³/mol. The number of nitrogens with one attached hydrogen (secondary N) is 1. The third kappa shape index (κ3) is 4.85. The van der Waals surface area contributed by atoms with Crippen LogP contribution in [0, 0.1) is 11.8 Å². The van der Waals surface area contributed by atoms with E-state index in [1.54, 1.807) is 0 Å². The lowest BCUT2D eigenvalue weighted by molar-refractivity contribution is -0.149. The molecule has 1 heterocycles. The van der Waals surface area contributed by atoms with Crippen LogP contribution < -0.4 is 5.32 Å². The van der Waals surface area contributed by atoms with Crippen LogP contribution >= 0.6 is 0 Å². The minimum Gasteiger partial charge on any atom is -0.456 e. The number of hydrogen-bond donors (Lipinski definition) is 1. The van der Waals surface area contributed by atoms with Crippen LogP contribution in [-0.2, 0) is 30.3 Å². The summed E-state index contributed by atoms with van der Waals surface area (Å²) in [5, 5.41) is 2.69. The molecule has 3 amide bonds. The van der Waals surface area contributed by atoms with Crippen LogP contribution in [0.5, 0.6) is 0 Å². The summed E-state index contributed by atoms with van der Waals surface area (Å²) in [7, 11) is 0. The number of amides is 3. The summed E-state index contributed by atoms with van der Waals surface area (Å²) in [6.45, 7) is 0.0812. The largest absolute Gasteiger partial charge is 0.456 e. The first-order chi connectivity index (χ1) is 13.6. The zero-order chi connectivity index (χ0) is 19.9. The summed E-state index contributed by atoms with van der Waals surface area (Å²) in [6, 6.07) is 9.73. The summed E-state index contributed by atoms with van der Waals surface area (Å²) in [6.07, 6.45) is 5.55. The van der Waals surface area contributed by atoms with Crippen molar-refractivity contribution in [3.05, 3.63) is 48.0 Å². The lowest BCUT2D eigenvalue weighted by atomic mass is 9.85. The fourth-order valence-electron chi connectivity index (χ4n) is 3.55. The van der Waals surface area contributed by atoms with Gasteiger partial charge in [-0.05, 0) is 24.8 Å². The molecular weight excluding hydrogens is 360 g/mol. The monoisotopic (exact) mass is 384 g/mol. The van der Waals surface area contributed by atoms with Crippen LogP contribution in [0.1, 0.15) is 24.8 Å². The van der Waals surface area contributed by atoms with E-state index in [1.807, 2.05) is 42.5 Å². The fourth-order valence-corrected chi connectivity index (χ4v) is 3.55. The number of carbonyl (C=O) groups is 4. The van der Waals surface area contributed by atoms with Gasteiger partial charge in [0.2, 0.25) is 11.8 Å². The van der Waals surface area contributed by atoms with Gasteiger partial charge in [-0.25, -0.2) is 0 Å². The number of imide groups is 1. The Hall–Kier alpha value is -2.96. The van der Waals surface area contributed by atoms with Gasteiger partial charge in [0.15, 0.2) is 6.61 Å². The van der Waals surface area contributed by atoms with Crippen molar-refractivity contribution >= 4 is 23.7 Å². The van der Waals surface area contributed by atoms with E-state index in [4.69, 9.17) is 4.74 Å². The quantitative estimate of drug-likeness (QED) is 0.413. The van der Waals surface area contributed by atoms with Crippen LogP contribution in [0.15, 0.2) is 42.5 Å². The standard InChI is InChI=1S/C21H24N2O5/c24-18(22-12-10-15-6-2-1-3-7-15)14-28-19(25)11-13-23-20(26)16-8-4-5-9-17(16)21(23)27/h1-7,16-17H,8-14H2,(H,22,24)/t16-,17+. The summed E-state index contributed by atoms with van der Waals surface area (Å²) in [5.41, 5.74) is 1.11. The highest BCUT2D eigenvalue weighted by atomic mass is 16.5. The minimum atomic E-state index is -0.605. The lowest BCUT2D eigenvalue weighted by Crippen LogP contribution is -2.34. The molecule has 0 saturated carbocycles. The number of nitrogens with zero attached hydrogens (tertiary/aromatic N) is 1. The number of likely N-dealkylation sites (tertiary alicyclic amines) is 1. The van der Waals surface area contributed by atoms with Gasteiger partial charge in [-0.1, -0.05) is 42.5 Å². The van der Waals surface area contributed by atoms with Crippen LogP contribution in [0.2, 0.25) is 0 Å². The molecule has 1 aliphatic carbocycles. The molecule has 0 radical (unpaired) electrons. The summed E-state index contributed by atoms with van der Waals surface area (Å²) in [4.78, 5) is 49.4. The number of hydrogen-bond acceptors (Lipinski definition) is 5. The number of fused-ring (bicyclic) bond motifs is 1. The smallest absolute Gasteiger partial charge is 0.308 e. The Morgan fingerprint density at radius 1 is 1.04 bits per heavy atom. The van der Waals surface area contributed by atoms with Gasteiger partial charge in [-0.15, -0.1) is 0 Å². The Balaban J connectivity index is 1.34. The lowest BCUT2D eigenvalue weighted by Gasteiger charge is -2.14. The molecule has 1 aromatic carbocycles. The average molecular weight is 384 g/mol. The molecule has 1 saturated heterocycles. The average Bonchev–Trinajstić information content (AvgIpc) is 2.96. The van der Waals surface area contributed by atoms with E-state index in [1.165, 1.54) is 0 Å².